The van der Waals surface area contributed by atoms with Gasteiger partial charge in [-0.1, -0.05) is 18.2 Å². The van der Waals surface area contributed by atoms with Crippen LogP contribution in [0.1, 0.15) is 16.1 Å². The minimum Gasteiger partial charge on any atom is -0.316 e. The first-order valence-corrected chi connectivity index (χ1v) is 10.9. The van der Waals surface area contributed by atoms with Crippen molar-refractivity contribution in [3.8, 4) is 5.69 Å². The molecule has 0 bridgehead atoms. The molecular formula is C21H25N5O4S. The van der Waals surface area contributed by atoms with Crippen molar-refractivity contribution in [1.82, 2.24) is 13.7 Å². The van der Waals surface area contributed by atoms with Gasteiger partial charge in [-0.15, -0.1) is 0 Å². The number of para-hydroxylation sites is 1. The van der Waals surface area contributed by atoms with Gasteiger partial charge in [-0.25, -0.2) is 4.68 Å². The number of benzene rings is 2. The van der Waals surface area contributed by atoms with Crippen LogP contribution in [-0.2, 0) is 17.3 Å². The fraction of sp³-hybridized carbons (Fsp3) is 0.238. The molecule has 0 aliphatic rings. The third-order valence-corrected chi connectivity index (χ3v) is 6.92. The highest BCUT2D eigenvalue weighted by Crippen LogP contribution is 2.20. The number of carbonyl (C=O) groups excluding carboxylic acids is 1. The quantitative estimate of drug-likeness (QED) is 0.630. The lowest BCUT2D eigenvalue weighted by atomic mass is 10.2. The van der Waals surface area contributed by atoms with Crippen LogP contribution >= 0.6 is 0 Å². The van der Waals surface area contributed by atoms with Crippen molar-refractivity contribution in [3.05, 3.63) is 76.2 Å². The van der Waals surface area contributed by atoms with Crippen LogP contribution in [0.2, 0.25) is 0 Å². The minimum atomic E-state index is -3.63. The molecule has 1 heterocycles. The summed E-state index contributed by atoms with van der Waals surface area (Å²) in [4.78, 5) is 25.7. The van der Waals surface area contributed by atoms with Crippen LogP contribution in [0.3, 0.4) is 0 Å². The number of carbonyl (C=O) groups is 1. The molecule has 10 heteroatoms. The van der Waals surface area contributed by atoms with E-state index in [1.165, 1.54) is 50.1 Å². The third kappa shape index (κ3) is 4.12. The highest BCUT2D eigenvalue weighted by Gasteiger charge is 2.22. The number of hydrogen-bond donors (Lipinski definition) is 1. The van der Waals surface area contributed by atoms with Crippen LogP contribution in [0.4, 0.5) is 11.4 Å². The molecule has 0 atom stereocenters. The van der Waals surface area contributed by atoms with Crippen molar-refractivity contribution in [3.63, 3.8) is 0 Å². The van der Waals surface area contributed by atoms with Gasteiger partial charge in [0, 0.05) is 33.8 Å². The second-order valence-electron chi connectivity index (χ2n) is 7.20. The van der Waals surface area contributed by atoms with E-state index >= 15 is 0 Å². The summed E-state index contributed by atoms with van der Waals surface area (Å²) in [6, 6.07) is 15.2. The zero-order chi connectivity index (χ0) is 22.9. The van der Waals surface area contributed by atoms with Crippen LogP contribution in [0, 0.1) is 6.92 Å². The summed E-state index contributed by atoms with van der Waals surface area (Å²) < 4.78 is 29.9. The van der Waals surface area contributed by atoms with Crippen LogP contribution in [0.5, 0.6) is 0 Å². The normalized spacial score (nSPS) is 11.5. The summed E-state index contributed by atoms with van der Waals surface area (Å²) in [5, 5.41) is 2.69. The molecule has 0 spiro atoms. The standard InChI is InChI=1S/C21H25N5O4S/c1-15-19(21(28)26(24(15)4)18-9-7-6-8-10-18)22-20(27)16-11-13-17(14-12-16)25(5)31(29,30)23(2)3/h6-14H,1-5H3,(H,22,27). The second-order valence-corrected chi connectivity index (χ2v) is 9.37. The smallest absolute Gasteiger partial charge is 0.303 e. The number of nitrogens with zero attached hydrogens (tertiary/aromatic N) is 4. The Morgan fingerprint density at radius 1 is 0.968 bits per heavy atom. The molecule has 0 aliphatic carbocycles. The molecular weight excluding hydrogens is 418 g/mol. The topological polar surface area (TPSA) is 96.7 Å². The Labute approximate surface area is 181 Å². The number of nitrogens with one attached hydrogen (secondary N) is 1. The lowest BCUT2D eigenvalue weighted by molar-refractivity contribution is 0.102. The molecule has 31 heavy (non-hydrogen) atoms. The fourth-order valence-electron chi connectivity index (χ4n) is 3.10. The second kappa shape index (κ2) is 8.40. The number of amides is 1. The van der Waals surface area contributed by atoms with Gasteiger partial charge in [-0.05, 0) is 43.3 Å². The third-order valence-electron chi connectivity index (χ3n) is 5.09. The number of aromatic nitrogens is 2. The molecule has 0 saturated heterocycles. The van der Waals surface area contributed by atoms with Crippen LogP contribution < -0.4 is 15.2 Å². The lowest BCUT2D eigenvalue weighted by Gasteiger charge is -2.23. The molecule has 0 unspecified atom stereocenters. The Morgan fingerprint density at radius 2 is 1.55 bits per heavy atom. The van der Waals surface area contributed by atoms with E-state index in [-0.39, 0.29) is 11.2 Å². The summed E-state index contributed by atoms with van der Waals surface area (Å²) in [5.74, 6) is -0.462. The molecule has 1 amide bonds. The van der Waals surface area contributed by atoms with Gasteiger partial charge in [0.05, 0.1) is 17.1 Å². The van der Waals surface area contributed by atoms with Gasteiger partial charge in [0.15, 0.2) is 0 Å². The Balaban J connectivity index is 1.87. The molecule has 9 nitrogen and oxygen atoms in total. The molecule has 0 fully saturated rings. The van der Waals surface area contributed by atoms with Gasteiger partial charge in [0.1, 0.15) is 5.69 Å². The Hall–Kier alpha value is -3.37. The fourth-order valence-corrected chi connectivity index (χ4v) is 3.98. The molecule has 164 valence electrons. The zero-order valence-corrected chi connectivity index (χ0v) is 18.8. The van der Waals surface area contributed by atoms with Gasteiger partial charge in [0.2, 0.25) is 0 Å². The predicted octanol–water partition coefficient (Wildman–Crippen LogP) is 1.98. The van der Waals surface area contributed by atoms with E-state index < -0.39 is 16.1 Å². The molecule has 0 radical (unpaired) electrons. The number of anilines is 2. The molecule has 0 aliphatic heterocycles. The summed E-state index contributed by atoms with van der Waals surface area (Å²) in [6.07, 6.45) is 0. The van der Waals surface area contributed by atoms with Crippen molar-refractivity contribution in [1.29, 1.82) is 0 Å². The first kappa shape index (κ1) is 22.3. The largest absolute Gasteiger partial charge is 0.316 e. The maximum absolute atomic E-state index is 12.9. The lowest BCUT2D eigenvalue weighted by Crippen LogP contribution is -2.37. The summed E-state index contributed by atoms with van der Waals surface area (Å²) in [6.45, 7) is 1.75. The highest BCUT2D eigenvalue weighted by atomic mass is 32.2. The predicted molar refractivity (Wildman–Crippen MR) is 121 cm³/mol. The molecule has 0 saturated carbocycles. The van der Waals surface area contributed by atoms with Gasteiger partial charge in [-0.3, -0.25) is 18.6 Å². The van der Waals surface area contributed by atoms with Crippen molar-refractivity contribution < 1.29 is 13.2 Å². The zero-order valence-electron chi connectivity index (χ0n) is 18.0. The van der Waals surface area contributed by atoms with Gasteiger partial charge >= 0.3 is 10.2 Å². The molecule has 1 aromatic heterocycles. The van der Waals surface area contributed by atoms with Crippen LogP contribution in [0.25, 0.3) is 5.69 Å². The van der Waals surface area contributed by atoms with Gasteiger partial charge in [-0.2, -0.15) is 12.7 Å². The SMILES string of the molecule is Cc1c(NC(=O)c2ccc(N(C)S(=O)(=O)N(C)C)cc2)c(=O)n(-c2ccccc2)n1C. The average Bonchev–Trinajstić information content (AvgIpc) is 2.96. The van der Waals surface area contributed by atoms with E-state index in [0.717, 1.165) is 8.61 Å². The van der Waals surface area contributed by atoms with E-state index in [1.54, 1.807) is 18.7 Å². The number of hydrogen-bond acceptors (Lipinski definition) is 4. The summed E-state index contributed by atoms with van der Waals surface area (Å²) in [5.41, 5.74) is 1.85. The highest BCUT2D eigenvalue weighted by molar-refractivity contribution is 7.90. The van der Waals surface area contributed by atoms with Crippen LogP contribution in [0.15, 0.2) is 59.4 Å². The van der Waals surface area contributed by atoms with Crippen molar-refractivity contribution in [2.24, 2.45) is 7.05 Å². The van der Waals surface area contributed by atoms with Crippen LogP contribution in [-0.4, -0.2) is 49.1 Å². The van der Waals surface area contributed by atoms with Crippen molar-refractivity contribution in [2.75, 3.05) is 30.8 Å². The van der Waals surface area contributed by atoms with E-state index in [2.05, 4.69) is 5.32 Å². The molecule has 2 aromatic carbocycles. The monoisotopic (exact) mass is 443 g/mol. The van der Waals surface area contributed by atoms with Gasteiger partial charge < -0.3 is 5.32 Å². The molecule has 3 rings (SSSR count). The van der Waals surface area contributed by atoms with Gasteiger partial charge in [0.25, 0.3) is 11.5 Å². The summed E-state index contributed by atoms with van der Waals surface area (Å²) >= 11 is 0. The van der Waals surface area contributed by atoms with E-state index in [0.29, 0.717) is 22.6 Å². The Morgan fingerprint density at radius 3 is 2.10 bits per heavy atom. The van der Waals surface area contributed by atoms with Crippen molar-refractivity contribution >= 4 is 27.5 Å². The first-order chi connectivity index (χ1) is 14.6. The molecule has 1 N–H and O–H groups in total. The number of rotatable bonds is 6. The van der Waals surface area contributed by atoms with E-state index in [1.807, 2.05) is 30.3 Å². The Kier molecular flexibility index (Phi) is 6.05. The maximum atomic E-state index is 12.9. The average molecular weight is 444 g/mol. The summed E-state index contributed by atoms with van der Waals surface area (Å²) in [7, 11) is 2.43. The maximum Gasteiger partial charge on any atom is 0.303 e. The van der Waals surface area contributed by atoms with Crippen molar-refractivity contribution in [2.45, 2.75) is 6.92 Å². The van der Waals surface area contributed by atoms with E-state index in [4.69, 9.17) is 0 Å². The minimum absolute atomic E-state index is 0.188. The molecule has 3 aromatic rings. The van der Waals surface area contributed by atoms with E-state index in [9.17, 15) is 18.0 Å². The Bertz CT molecular complexity index is 1260. The first-order valence-electron chi connectivity index (χ1n) is 9.47.